The first-order valence-corrected chi connectivity index (χ1v) is 9.21. The molecule has 2 unspecified atom stereocenters. The molecule has 0 spiro atoms. The molecular formula is C21H25N3O2. The van der Waals surface area contributed by atoms with Gasteiger partial charge in [0.15, 0.2) is 5.58 Å². The zero-order valence-corrected chi connectivity index (χ0v) is 15.3. The molecule has 1 aliphatic rings. The van der Waals surface area contributed by atoms with E-state index in [-0.39, 0.29) is 0 Å². The third-order valence-electron chi connectivity index (χ3n) is 5.23. The van der Waals surface area contributed by atoms with Gasteiger partial charge in [-0.3, -0.25) is 0 Å². The molecular weight excluding hydrogens is 326 g/mol. The molecule has 136 valence electrons. The highest BCUT2D eigenvalue weighted by molar-refractivity contribution is 5.82. The number of nitrogens with one attached hydrogen (secondary N) is 2. The summed E-state index contributed by atoms with van der Waals surface area (Å²) in [7, 11) is 1.70. The van der Waals surface area contributed by atoms with E-state index in [2.05, 4.69) is 52.2 Å². The summed E-state index contributed by atoms with van der Waals surface area (Å²) < 4.78 is 10.9. The van der Waals surface area contributed by atoms with Crippen molar-refractivity contribution < 1.29 is 9.26 Å². The van der Waals surface area contributed by atoms with E-state index in [4.69, 9.17) is 9.26 Å². The monoisotopic (exact) mass is 351 g/mol. The van der Waals surface area contributed by atoms with Crippen LogP contribution in [0.25, 0.3) is 11.0 Å². The molecule has 2 N–H and O–H groups in total. The summed E-state index contributed by atoms with van der Waals surface area (Å²) in [5.74, 6) is 0.834. The Bertz CT molecular complexity index is 876. The van der Waals surface area contributed by atoms with E-state index >= 15 is 0 Å². The fraction of sp³-hybridized carbons (Fsp3) is 0.381. The highest BCUT2D eigenvalue weighted by Gasteiger charge is 2.26. The van der Waals surface area contributed by atoms with Crippen LogP contribution in [0.15, 0.2) is 47.0 Å². The van der Waals surface area contributed by atoms with Crippen LogP contribution in [-0.2, 0) is 6.54 Å². The van der Waals surface area contributed by atoms with Crippen molar-refractivity contribution in [3.05, 3.63) is 59.3 Å². The molecule has 2 atom stereocenters. The van der Waals surface area contributed by atoms with E-state index < -0.39 is 0 Å². The van der Waals surface area contributed by atoms with Crippen LogP contribution < -0.4 is 15.4 Å². The number of fused-ring (bicyclic) bond motifs is 1. The molecule has 1 aliphatic heterocycles. The number of rotatable bonds is 5. The molecule has 4 rings (SSSR count). The number of hydrogen-bond acceptors (Lipinski definition) is 5. The number of hydrogen-bond donors (Lipinski definition) is 2. The number of aryl methyl sites for hydroxylation is 1. The number of nitrogens with zero attached hydrogens (tertiary/aromatic N) is 1. The highest BCUT2D eigenvalue weighted by atomic mass is 16.5. The lowest BCUT2D eigenvalue weighted by atomic mass is 9.92. The van der Waals surface area contributed by atoms with Crippen molar-refractivity contribution in [3.63, 3.8) is 0 Å². The zero-order valence-electron chi connectivity index (χ0n) is 15.3. The molecule has 0 bridgehead atoms. The minimum absolute atomic E-state index is 0.331. The maximum absolute atomic E-state index is 5.57. The number of methoxy groups -OCH3 is 1. The Kier molecular flexibility index (Phi) is 4.91. The van der Waals surface area contributed by atoms with Crippen molar-refractivity contribution in [2.75, 3.05) is 13.7 Å². The molecule has 1 aromatic heterocycles. The first kappa shape index (κ1) is 17.1. The Morgan fingerprint density at radius 3 is 2.92 bits per heavy atom. The third-order valence-corrected chi connectivity index (χ3v) is 5.23. The second-order valence-corrected chi connectivity index (χ2v) is 6.90. The lowest BCUT2D eigenvalue weighted by molar-refractivity contribution is 0.303. The molecule has 2 heterocycles. The SMILES string of the molecule is COc1cc2onc(C)c2cc1CNC1CCCNC1c1ccccc1. The first-order chi connectivity index (χ1) is 12.8. The van der Waals surface area contributed by atoms with E-state index in [1.165, 1.54) is 12.0 Å². The van der Waals surface area contributed by atoms with Crippen LogP contribution in [0.5, 0.6) is 5.75 Å². The second-order valence-electron chi connectivity index (χ2n) is 6.90. The normalized spacial score (nSPS) is 20.4. The minimum Gasteiger partial charge on any atom is -0.496 e. The molecule has 3 aromatic rings. The summed E-state index contributed by atoms with van der Waals surface area (Å²) in [6.07, 6.45) is 2.34. The molecule has 1 saturated heterocycles. The van der Waals surface area contributed by atoms with Crippen molar-refractivity contribution >= 4 is 11.0 Å². The number of ether oxygens (including phenoxy) is 1. The topological polar surface area (TPSA) is 59.3 Å². The molecule has 5 heteroatoms. The Labute approximate surface area is 153 Å². The van der Waals surface area contributed by atoms with Crippen molar-refractivity contribution in [1.82, 2.24) is 15.8 Å². The summed E-state index contributed by atoms with van der Waals surface area (Å²) in [5.41, 5.74) is 4.14. The largest absolute Gasteiger partial charge is 0.496 e. The van der Waals surface area contributed by atoms with Crippen LogP contribution in [0.4, 0.5) is 0 Å². The van der Waals surface area contributed by atoms with Gasteiger partial charge in [-0.1, -0.05) is 35.5 Å². The van der Waals surface area contributed by atoms with Gasteiger partial charge in [0.1, 0.15) is 5.75 Å². The molecule has 0 radical (unpaired) electrons. The van der Waals surface area contributed by atoms with Gasteiger partial charge in [-0.2, -0.15) is 0 Å². The summed E-state index contributed by atoms with van der Waals surface area (Å²) in [5, 5.41) is 12.5. The van der Waals surface area contributed by atoms with Gasteiger partial charge in [-0.15, -0.1) is 0 Å². The van der Waals surface area contributed by atoms with Gasteiger partial charge in [0, 0.05) is 35.6 Å². The van der Waals surface area contributed by atoms with E-state index in [1.54, 1.807) is 7.11 Å². The Hall–Kier alpha value is -2.37. The zero-order chi connectivity index (χ0) is 17.9. The lowest BCUT2D eigenvalue weighted by Crippen LogP contribution is -2.45. The predicted molar refractivity (Wildman–Crippen MR) is 102 cm³/mol. The molecule has 0 saturated carbocycles. The van der Waals surface area contributed by atoms with Gasteiger partial charge < -0.3 is 19.9 Å². The average molecular weight is 351 g/mol. The second kappa shape index (κ2) is 7.48. The fourth-order valence-electron chi connectivity index (χ4n) is 3.82. The molecule has 2 aromatic carbocycles. The van der Waals surface area contributed by atoms with Crippen molar-refractivity contribution in [2.24, 2.45) is 0 Å². The number of aromatic nitrogens is 1. The molecule has 1 fully saturated rings. The maximum Gasteiger partial charge on any atom is 0.170 e. The average Bonchev–Trinajstić information content (AvgIpc) is 3.06. The van der Waals surface area contributed by atoms with Gasteiger partial charge in [-0.25, -0.2) is 0 Å². The van der Waals surface area contributed by atoms with Crippen molar-refractivity contribution in [3.8, 4) is 5.75 Å². The minimum atomic E-state index is 0.331. The van der Waals surface area contributed by atoms with Crippen LogP contribution in [0.2, 0.25) is 0 Å². The van der Waals surface area contributed by atoms with Crippen LogP contribution in [0.1, 0.15) is 35.7 Å². The van der Waals surface area contributed by atoms with E-state index in [0.29, 0.717) is 12.1 Å². The molecule has 26 heavy (non-hydrogen) atoms. The Morgan fingerprint density at radius 1 is 1.27 bits per heavy atom. The summed E-state index contributed by atoms with van der Waals surface area (Å²) in [6, 6.07) is 15.4. The summed E-state index contributed by atoms with van der Waals surface area (Å²) in [6.45, 7) is 3.78. The molecule has 5 nitrogen and oxygen atoms in total. The lowest BCUT2D eigenvalue weighted by Gasteiger charge is -2.34. The Morgan fingerprint density at radius 2 is 2.12 bits per heavy atom. The number of benzene rings is 2. The van der Waals surface area contributed by atoms with E-state index in [1.807, 2.05) is 13.0 Å². The first-order valence-electron chi connectivity index (χ1n) is 9.21. The van der Waals surface area contributed by atoms with Crippen LogP contribution in [-0.4, -0.2) is 24.9 Å². The third kappa shape index (κ3) is 3.32. The van der Waals surface area contributed by atoms with Gasteiger partial charge in [-0.05, 0) is 37.9 Å². The van der Waals surface area contributed by atoms with Crippen molar-refractivity contribution in [2.45, 2.75) is 38.4 Å². The summed E-state index contributed by atoms with van der Waals surface area (Å²) >= 11 is 0. The summed E-state index contributed by atoms with van der Waals surface area (Å²) in [4.78, 5) is 0. The number of piperidine rings is 1. The fourth-order valence-corrected chi connectivity index (χ4v) is 3.82. The maximum atomic E-state index is 5.57. The predicted octanol–water partition coefficient (Wildman–Crippen LogP) is 3.73. The standard InChI is InChI=1S/C21H25N3O2/c1-14-17-11-16(19(25-2)12-20(17)26-24-14)13-23-18-9-6-10-22-21(18)15-7-4-3-5-8-15/h3-5,7-8,11-12,18,21-23H,6,9-10,13H2,1-2H3. The van der Waals surface area contributed by atoms with Crippen molar-refractivity contribution in [1.29, 1.82) is 0 Å². The highest BCUT2D eigenvalue weighted by Crippen LogP contribution is 2.29. The quantitative estimate of drug-likeness (QED) is 0.733. The van der Waals surface area contributed by atoms with Crippen LogP contribution in [0, 0.1) is 6.92 Å². The molecule has 0 aliphatic carbocycles. The Balaban J connectivity index is 1.55. The van der Waals surface area contributed by atoms with Gasteiger partial charge in [0.25, 0.3) is 0 Å². The van der Waals surface area contributed by atoms with Crippen LogP contribution >= 0.6 is 0 Å². The van der Waals surface area contributed by atoms with E-state index in [9.17, 15) is 0 Å². The van der Waals surface area contributed by atoms with Crippen LogP contribution in [0.3, 0.4) is 0 Å². The van der Waals surface area contributed by atoms with Gasteiger partial charge >= 0.3 is 0 Å². The molecule has 0 amide bonds. The van der Waals surface area contributed by atoms with E-state index in [0.717, 1.165) is 47.5 Å². The van der Waals surface area contributed by atoms with Gasteiger partial charge in [0.05, 0.1) is 12.8 Å². The van der Waals surface area contributed by atoms with Gasteiger partial charge in [0.2, 0.25) is 0 Å². The smallest absolute Gasteiger partial charge is 0.170 e.